The van der Waals surface area contributed by atoms with E-state index >= 15 is 0 Å². The Morgan fingerprint density at radius 3 is 2.76 bits per heavy atom. The third-order valence-corrected chi connectivity index (χ3v) is 8.35. The van der Waals surface area contributed by atoms with E-state index in [-0.39, 0.29) is 5.69 Å². The highest BCUT2D eigenvalue weighted by atomic mass is 32.1. The van der Waals surface area contributed by atoms with Gasteiger partial charge < -0.3 is 15.4 Å². The van der Waals surface area contributed by atoms with Crippen molar-refractivity contribution in [2.45, 2.75) is 58.2 Å². The number of nitrogens with one attached hydrogen (secondary N) is 2. The minimum absolute atomic E-state index is 0.282. The van der Waals surface area contributed by atoms with Crippen molar-refractivity contribution in [1.82, 2.24) is 20.4 Å². The number of anilines is 1. The zero-order chi connectivity index (χ0) is 28.7. The predicted molar refractivity (Wildman–Crippen MR) is 158 cm³/mol. The van der Waals surface area contributed by atoms with Crippen molar-refractivity contribution in [2.24, 2.45) is 0 Å². The Hall–Kier alpha value is -3.89. The molecule has 2 aromatic carbocycles. The van der Waals surface area contributed by atoms with E-state index in [1.54, 1.807) is 26.8 Å². The van der Waals surface area contributed by atoms with Gasteiger partial charge in [0.15, 0.2) is 0 Å². The molecule has 1 saturated heterocycles. The van der Waals surface area contributed by atoms with Crippen LogP contribution in [-0.4, -0.2) is 51.8 Å². The van der Waals surface area contributed by atoms with E-state index in [2.05, 4.69) is 39.0 Å². The van der Waals surface area contributed by atoms with E-state index in [1.165, 1.54) is 39.5 Å². The number of carbonyl (C=O) groups is 2. The number of rotatable bonds is 4. The summed E-state index contributed by atoms with van der Waals surface area (Å²) in [5.74, 6) is -0.884. The average molecular weight is 574 g/mol. The second-order valence-corrected chi connectivity index (χ2v) is 12.4. The van der Waals surface area contributed by atoms with Crippen molar-refractivity contribution in [3.63, 3.8) is 0 Å². The highest BCUT2D eigenvalue weighted by molar-refractivity contribution is 7.17. The Morgan fingerprint density at radius 1 is 1.10 bits per heavy atom. The third-order valence-electron chi connectivity index (χ3n) is 7.43. The minimum atomic E-state index is -0.713. The standard InChI is InChI=1S/C31H32FN5O3S/c1-31(2,3)40-30(39)37-13-4-5-25(37)29(38)34-24-16-21(32)8-9-22(24)27-28-23(11-14-41-28)26(35-36-27)19-6-7-20-17-33-12-10-18(20)15-19/h6-9,11,14-16,25,33H,4-5,10,12-13,17H2,1-3H3,(H,34,38). The van der Waals surface area contributed by atoms with Crippen LogP contribution in [0.2, 0.25) is 0 Å². The highest BCUT2D eigenvalue weighted by Gasteiger charge is 2.37. The zero-order valence-electron chi connectivity index (χ0n) is 23.3. The van der Waals surface area contributed by atoms with Gasteiger partial charge in [-0.15, -0.1) is 21.5 Å². The van der Waals surface area contributed by atoms with Crippen LogP contribution < -0.4 is 10.6 Å². The van der Waals surface area contributed by atoms with Gasteiger partial charge in [0.1, 0.15) is 28.8 Å². The molecule has 2 aliphatic heterocycles. The largest absolute Gasteiger partial charge is 0.444 e. The number of likely N-dealkylation sites (tertiary alicyclic amines) is 1. The molecule has 1 unspecified atom stereocenters. The van der Waals surface area contributed by atoms with Gasteiger partial charge in [0.2, 0.25) is 5.91 Å². The molecule has 0 radical (unpaired) electrons. The number of fused-ring (bicyclic) bond motifs is 2. The van der Waals surface area contributed by atoms with Crippen LogP contribution in [0.3, 0.4) is 0 Å². The molecule has 2 amide bonds. The van der Waals surface area contributed by atoms with Crippen molar-refractivity contribution >= 4 is 39.1 Å². The van der Waals surface area contributed by atoms with Gasteiger partial charge in [0.25, 0.3) is 0 Å². The number of amides is 2. The Bertz CT molecular complexity index is 1650. The summed E-state index contributed by atoms with van der Waals surface area (Å²) in [5, 5.41) is 18.4. The summed E-state index contributed by atoms with van der Waals surface area (Å²) in [5.41, 5.74) is 5.13. The quantitative estimate of drug-likeness (QED) is 0.304. The monoisotopic (exact) mass is 573 g/mol. The first-order valence-electron chi connectivity index (χ1n) is 13.8. The van der Waals surface area contributed by atoms with Gasteiger partial charge in [0.05, 0.1) is 10.4 Å². The number of benzene rings is 2. The Labute approximate surface area is 241 Å². The topological polar surface area (TPSA) is 96.5 Å². The predicted octanol–water partition coefficient (Wildman–Crippen LogP) is 6.15. The molecule has 2 N–H and O–H groups in total. The maximum Gasteiger partial charge on any atom is 0.410 e. The second-order valence-electron chi connectivity index (χ2n) is 11.5. The second kappa shape index (κ2) is 10.8. The van der Waals surface area contributed by atoms with Crippen LogP contribution in [0.25, 0.3) is 32.6 Å². The van der Waals surface area contributed by atoms with Crippen molar-refractivity contribution in [3.05, 3.63) is 64.8 Å². The van der Waals surface area contributed by atoms with Crippen LogP contribution in [0.4, 0.5) is 14.9 Å². The molecular weight excluding hydrogens is 541 g/mol. The van der Waals surface area contributed by atoms with Gasteiger partial charge in [-0.2, -0.15) is 0 Å². The number of nitrogens with zero attached hydrogens (tertiary/aromatic N) is 3. The third kappa shape index (κ3) is 5.54. The molecule has 212 valence electrons. The molecule has 10 heteroatoms. The van der Waals surface area contributed by atoms with Crippen LogP contribution >= 0.6 is 11.3 Å². The van der Waals surface area contributed by atoms with Crippen LogP contribution in [0.1, 0.15) is 44.7 Å². The molecule has 0 spiro atoms. The number of hydrogen-bond donors (Lipinski definition) is 2. The van der Waals surface area contributed by atoms with Crippen molar-refractivity contribution < 1.29 is 18.7 Å². The van der Waals surface area contributed by atoms with E-state index in [0.29, 0.717) is 30.6 Å². The molecule has 2 aliphatic rings. The number of carbonyl (C=O) groups excluding carboxylic acids is 2. The molecule has 4 aromatic rings. The molecule has 4 heterocycles. The first-order valence-corrected chi connectivity index (χ1v) is 14.7. The molecule has 0 saturated carbocycles. The van der Waals surface area contributed by atoms with Crippen molar-refractivity contribution in [2.75, 3.05) is 18.4 Å². The molecule has 41 heavy (non-hydrogen) atoms. The summed E-state index contributed by atoms with van der Waals surface area (Å²) in [4.78, 5) is 27.6. The highest BCUT2D eigenvalue weighted by Crippen LogP contribution is 2.39. The first kappa shape index (κ1) is 27.3. The Balaban J connectivity index is 1.32. The molecule has 6 rings (SSSR count). The lowest BCUT2D eigenvalue weighted by molar-refractivity contribution is -0.120. The van der Waals surface area contributed by atoms with E-state index in [4.69, 9.17) is 4.74 Å². The van der Waals surface area contributed by atoms with Crippen molar-refractivity contribution in [1.29, 1.82) is 0 Å². The molecule has 8 nitrogen and oxygen atoms in total. The maximum absolute atomic E-state index is 14.5. The first-order chi connectivity index (χ1) is 19.7. The number of halogens is 1. The fraction of sp³-hybridized carbons (Fsp3) is 0.355. The van der Waals surface area contributed by atoms with E-state index in [9.17, 15) is 14.0 Å². The summed E-state index contributed by atoms with van der Waals surface area (Å²) in [6.45, 7) is 7.60. The molecule has 1 atom stereocenters. The number of aromatic nitrogens is 2. The molecule has 1 fully saturated rings. The summed E-state index contributed by atoms with van der Waals surface area (Å²) in [7, 11) is 0. The van der Waals surface area contributed by atoms with Gasteiger partial charge >= 0.3 is 6.09 Å². The smallest absolute Gasteiger partial charge is 0.410 e. The molecule has 2 aromatic heterocycles. The van der Waals surface area contributed by atoms with Crippen LogP contribution in [0, 0.1) is 5.82 Å². The van der Waals surface area contributed by atoms with E-state index in [0.717, 1.165) is 40.9 Å². The summed E-state index contributed by atoms with van der Waals surface area (Å²) >= 11 is 1.52. The van der Waals surface area contributed by atoms with Gasteiger partial charge in [-0.05, 0) is 93.4 Å². The molecule has 0 bridgehead atoms. The lowest BCUT2D eigenvalue weighted by atomic mass is 9.96. The van der Waals surface area contributed by atoms with E-state index < -0.39 is 29.5 Å². The summed E-state index contributed by atoms with van der Waals surface area (Å²) < 4.78 is 20.9. The Kier molecular flexibility index (Phi) is 7.21. The average Bonchev–Trinajstić information content (AvgIpc) is 3.62. The maximum atomic E-state index is 14.5. The molecular formula is C31H32FN5O3S. The number of ether oxygens (including phenoxy) is 1. The zero-order valence-corrected chi connectivity index (χ0v) is 24.1. The SMILES string of the molecule is CC(C)(C)OC(=O)N1CCCC1C(=O)Nc1cc(F)ccc1-c1nnc(-c2ccc3c(c2)CCNC3)c2ccsc12. The minimum Gasteiger partial charge on any atom is -0.444 e. The van der Waals surface area contributed by atoms with Gasteiger partial charge in [0, 0.05) is 29.6 Å². The van der Waals surface area contributed by atoms with E-state index in [1.807, 2.05) is 11.4 Å². The van der Waals surface area contributed by atoms with Gasteiger partial charge in [-0.1, -0.05) is 12.1 Å². The summed E-state index contributed by atoms with van der Waals surface area (Å²) in [6.07, 6.45) is 1.60. The molecule has 0 aliphatic carbocycles. The van der Waals surface area contributed by atoms with Crippen LogP contribution in [-0.2, 0) is 22.5 Å². The van der Waals surface area contributed by atoms with Crippen molar-refractivity contribution in [3.8, 4) is 22.5 Å². The normalized spacial score (nSPS) is 17.0. The Morgan fingerprint density at radius 2 is 1.93 bits per heavy atom. The van der Waals surface area contributed by atoms with Crippen LogP contribution in [0.5, 0.6) is 0 Å². The fourth-order valence-corrected chi connectivity index (χ4v) is 6.41. The fourth-order valence-electron chi connectivity index (χ4n) is 5.51. The summed E-state index contributed by atoms with van der Waals surface area (Å²) in [6, 6.07) is 12.0. The lowest BCUT2D eigenvalue weighted by Crippen LogP contribution is -2.45. The lowest BCUT2D eigenvalue weighted by Gasteiger charge is -2.28. The van der Waals surface area contributed by atoms with Gasteiger partial charge in [-0.3, -0.25) is 9.69 Å². The number of hydrogen-bond acceptors (Lipinski definition) is 7. The van der Waals surface area contributed by atoms with Gasteiger partial charge in [-0.25, -0.2) is 9.18 Å². The van der Waals surface area contributed by atoms with Crippen LogP contribution in [0.15, 0.2) is 47.8 Å². The number of thiophene rings is 1.